The predicted octanol–water partition coefficient (Wildman–Crippen LogP) is 0.552. The second-order valence-corrected chi connectivity index (χ2v) is 2.25. The first kappa shape index (κ1) is 7.15. The largest absolute Gasteiger partial charge is 0.325 e. The zero-order chi connectivity index (χ0) is 7.56. The van der Waals surface area contributed by atoms with Gasteiger partial charge >= 0.3 is 0 Å². The highest BCUT2D eigenvalue weighted by Gasteiger charge is 1.94. The number of hydrogen-bond donors (Lipinski definition) is 1. The Labute approximate surface area is 60.3 Å². The number of aromatic nitrogens is 2. The zero-order valence-electron chi connectivity index (χ0n) is 6.26. The van der Waals surface area contributed by atoms with E-state index in [0.29, 0.717) is 6.54 Å². The summed E-state index contributed by atoms with van der Waals surface area (Å²) in [5, 5.41) is 0. The van der Waals surface area contributed by atoms with Crippen molar-refractivity contribution in [1.82, 2.24) is 9.97 Å². The second kappa shape index (κ2) is 2.75. The second-order valence-electron chi connectivity index (χ2n) is 2.25. The van der Waals surface area contributed by atoms with E-state index in [1.807, 2.05) is 19.9 Å². The molecule has 0 unspecified atom stereocenters. The van der Waals surface area contributed by atoms with Crippen molar-refractivity contribution in [1.29, 1.82) is 0 Å². The van der Waals surface area contributed by atoms with E-state index in [1.165, 1.54) is 0 Å². The minimum Gasteiger partial charge on any atom is -0.325 e. The first-order valence-corrected chi connectivity index (χ1v) is 3.23. The lowest BCUT2D eigenvalue weighted by Gasteiger charge is -1.98. The fourth-order valence-corrected chi connectivity index (χ4v) is 0.898. The molecule has 1 aromatic heterocycles. The summed E-state index contributed by atoms with van der Waals surface area (Å²) in [6.07, 6.45) is 0. The molecule has 1 aromatic rings. The molecular weight excluding hydrogens is 126 g/mol. The summed E-state index contributed by atoms with van der Waals surface area (Å²) in [7, 11) is 0. The van der Waals surface area contributed by atoms with Crippen LogP contribution in [0.25, 0.3) is 0 Å². The molecule has 0 spiro atoms. The fraction of sp³-hybridized carbons (Fsp3) is 0.429. The van der Waals surface area contributed by atoms with E-state index in [0.717, 1.165) is 17.2 Å². The van der Waals surface area contributed by atoms with Crippen LogP contribution in [-0.2, 0) is 6.54 Å². The van der Waals surface area contributed by atoms with E-state index in [9.17, 15) is 0 Å². The van der Waals surface area contributed by atoms with Gasteiger partial charge in [-0.15, -0.1) is 0 Å². The summed E-state index contributed by atoms with van der Waals surface area (Å²) < 4.78 is 0. The Hall–Kier alpha value is -0.960. The van der Waals surface area contributed by atoms with Gasteiger partial charge in [-0.1, -0.05) is 0 Å². The minimum absolute atomic E-state index is 0.490. The normalized spacial score (nSPS) is 9.90. The van der Waals surface area contributed by atoms with Gasteiger partial charge in [0.1, 0.15) is 5.82 Å². The molecule has 3 heteroatoms. The molecule has 0 saturated carbocycles. The molecule has 0 bridgehead atoms. The molecule has 0 aromatic carbocycles. The van der Waals surface area contributed by atoms with Gasteiger partial charge in [0, 0.05) is 12.2 Å². The van der Waals surface area contributed by atoms with Crippen LogP contribution in [0, 0.1) is 13.8 Å². The van der Waals surface area contributed by atoms with Crippen LogP contribution in [0.5, 0.6) is 0 Å². The van der Waals surface area contributed by atoms with Crippen LogP contribution in [0.3, 0.4) is 0 Å². The lowest BCUT2D eigenvalue weighted by Crippen LogP contribution is -2.02. The van der Waals surface area contributed by atoms with Gasteiger partial charge in [0.2, 0.25) is 0 Å². The van der Waals surface area contributed by atoms with Crippen molar-refractivity contribution in [2.24, 2.45) is 5.73 Å². The van der Waals surface area contributed by atoms with Crippen LogP contribution >= 0.6 is 0 Å². The Morgan fingerprint density at radius 1 is 1.40 bits per heavy atom. The molecule has 0 saturated heterocycles. The van der Waals surface area contributed by atoms with Gasteiger partial charge in [-0.25, -0.2) is 9.97 Å². The summed E-state index contributed by atoms with van der Waals surface area (Å²) in [6, 6.07) is 1.90. The Kier molecular flexibility index (Phi) is 1.97. The molecule has 2 N–H and O–H groups in total. The lowest BCUT2D eigenvalue weighted by atomic mass is 10.3. The maximum absolute atomic E-state index is 5.40. The van der Waals surface area contributed by atoms with Crippen molar-refractivity contribution in [2.75, 3.05) is 0 Å². The molecule has 0 aliphatic heterocycles. The van der Waals surface area contributed by atoms with E-state index in [1.54, 1.807) is 0 Å². The van der Waals surface area contributed by atoms with E-state index < -0.39 is 0 Å². The summed E-state index contributed by atoms with van der Waals surface area (Å²) >= 11 is 0. The number of rotatable bonds is 1. The van der Waals surface area contributed by atoms with Gasteiger partial charge in [0.15, 0.2) is 0 Å². The molecule has 0 fully saturated rings. The van der Waals surface area contributed by atoms with Gasteiger partial charge in [0.05, 0.1) is 5.69 Å². The average molecular weight is 137 g/mol. The standard InChI is InChI=1S/C7H11N3/c1-5-3-7(4-8)10-6(2)9-5/h3H,4,8H2,1-2H3. The van der Waals surface area contributed by atoms with Gasteiger partial charge < -0.3 is 5.73 Å². The van der Waals surface area contributed by atoms with Crippen molar-refractivity contribution >= 4 is 0 Å². The third-order valence-electron chi connectivity index (χ3n) is 1.23. The van der Waals surface area contributed by atoms with E-state index in [-0.39, 0.29) is 0 Å². The monoisotopic (exact) mass is 137 g/mol. The molecule has 10 heavy (non-hydrogen) atoms. The van der Waals surface area contributed by atoms with Crippen LogP contribution in [0.15, 0.2) is 6.07 Å². The van der Waals surface area contributed by atoms with E-state index in [2.05, 4.69) is 9.97 Å². The third kappa shape index (κ3) is 1.51. The van der Waals surface area contributed by atoms with Crippen molar-refractivity contribution < 1.29 is 0 Å². The fourth-order valence-electron chi connectivity index (χ4n) is 0.898. The summed E-state index contributed by atoms with van der Waals surface area (Å²) in [6.45, 7) is 4.30. The van der Waals surface area contributed by atoms with Crippen molar-refractivity contribution in [2.45, 2.75) is 20.4 Å². The predicted molar refractivity (Wildman–Crippen MR) is 39.4 cm³/mol. The third-order valence-corrected chi connectivity index (χ3v) is 1.23. The Balaban J connectivity index is 3.06. The van der Waals surface area contributed by atoms with Crippen molar-refractivity contribution in [3.63, 3.8) is 0 Å². The highest BCUT2D eigenvalue weighted by molar-refractivity contribution is 5.08. The number of nitrogens with two attached hydrogens (primary N) is 1. The number of nitrogens with zero attached hydrogens (tertiary/aromatic N) is 2. The first-order chi connectivity index (χ1) is 4.72. The van der Waals surface area contributed by atoms with Crippen molar-refractivity contribution in [3.05, 3.63) is 23.3 Å². The van der Waals surface area contributed by atoms with Crippen LogP contribution in [0.4, 0.5) is 0 Å². The molecule has 0 aliphatic carbocycles. The quantitative estimate of drug-likeness (QED) is 0.615. The van der Waals surface area contributed by atoms with Crippen LogP contribution in [-0.4, -0.2) is 9.97 Å². The Bertz CT molecular complexity index is 212. The summed E-state index contributed by atoms with van der Waals surface area (Å²) in [5.41, 5.74) is 7.28. The molecule has 0 atom stereocenters. The zero-order valence-corrected chi connectivity index (χ0v) is 6.26. The van der Waals surface area contributed by atoms with E-state index in [4.69, 9.17) is 5.73 Å². The highest BCUT2D eigenvalue weighted by Crippen LogP contribution is 1.97. The summed E-state index contributed by atoms with van der Waals surface area (Å²) in [5.74, 6) is 0.792. The maximum Gasteiger partial charge on any atom is 0.125 e. The minimum atomic E-state index is 0.490. The summed E-state index contributed by atoms with van der Waals surface area (Å²) in [4.78, 5) is 8.23. The van der Waals surface area contributed by atoms with Gasteiger partial charge in [-0.3, -0.25) is 0 Å². The number of hydrogen-bond acceptors (Lipinski definition) is 3. The molecule has 0 radical (unpaired) electrons. The average Bonchev–Trinajstić information content (AvgIpc) is 1.85. The topological polar surface area (TPSA) is 51.8 Å². The van der Waals surface area contributed by atoms with Gasteiger partial charge in [-0.05, 0) is 19.9 Å². The van der Waals surface area contributed by atoms with E-state index >= 15 is 0 Å². The first-order valence-electron chi connectivity index (χ1n) is 3.23. The molecule has 54 valence electrons. The molecule has 1 rings (SSSR count). The van der Waals surface area contributed by atoms with Crippen LogP contribution in [0.2, 0.25) is 0 Å². The van der Waals surface area contributed by atoms with Gasteiger partial charge in [-0.2, -0.15) is 0 Å². The van der Waals surface area contributed by atoms with Crippen molar-refractivity contribution in [3.8, 4) is 0 Å². The lowest BCUT2D eigenvalue weighted by molar-refractivity contribution is 0.907. The smallest absolute Gasteiger partial charge is 0.125 e. The SMILES string of the molecule is Cc1cc(CN)nc(C)n1. The molecule has 0 amide bonds. The Morgan fingerprint density at radius 2 is 2.10 bits per heavy atom. The number of aryl methyl sites for hydroxylation is 2. The van der Waals surface area contributed by atoms with Gasteiger partial charge in [0.25, 0.3) is 0 Å². The Morgan fingerprint density at radius 3 is 2.60 bits per heavy atom. The molecular formula is C7H11N3. The molecule has 0 aliphatic rings. The molecule has 3 nitrogen and oxygen atoms in total. The maximum atomic E-state index is 5.40. The van der Waals surface area contributed by atoms with Crippen LogP contribution < -0.4 is 5.73 Å². The highest BCUT2D eigenvalue weighted by atomic mass is 14.9. The van der Waals surface area contributed by atoms with Crippen LogP contribution in [0.1, 0.15) is 17.2 Å². The molecule has 1 heterocycles.